The third-order valence-electron chi connectivity index (χ3n) is 6.87. The number of rotatable bonds is 5. The molecule has 4 aliphatic carbocycles. The fourth-order valence-electron chi connectivity index (χ4n) is 6.00. The second-order valence-corrected chi connectivity index (χ2v) is 8.94. The molecule has 4 aliphatic rings. The number of ether oxygens (including phenoxy) is 1. The lowest BCUT2D eigenvalue weighted by atomic mass is 9.49. The van der Waals surface area contributed by atoms with Crippen LogP contribution in [0.4, 0.5) is 0 Å². The molecule has 1 aromatic carbocycles. The van der Waals surface area contributed by atoms with Crippen LogP contribution in [0.3, 0.4) is 0 Å². The zero-order chi connectivity index (χ0) is 18.3. The lowest BCUT2D eigenvalue weighted by molar-refractivity contribution is -0.152. The van der Waals surface area contributed by atoms with Crippen LogP contribution in [0.25, 0.3) is 0 Å². The van der Waals surface area contributed by atoms with E-state index in [4.69, 9.17) is 4.74 Å². The van der Waals surface area contributed by atoms with Gasteiger partial charge >= 0.3 is 5.97 Å². The number of carbonyl (C=O) groups is 2. The summed E-state index contributed by atoms with van der Waals surface area (Å²) in [5.74, 6) is 1.85. The van der Waals surface area contributed by atoms with E-state index in [1.165, 1.54) is 31.9 Å². The molecule has 0 aliphatic heterocycles. The van der Waals surface area contributed by atoms with Gasteiger partial charge in [0, 0.05) is 11.8 Å². The lowest BCUT2D eigenvalue weighted by Gasteiger charge is -2.55. The summed E-state index contributed by atoms with van der Waals surface area (Å²) < 4.78 is 4.97. The average Bonchev–Trinajstić information content (AvgIpc) is 2.61. The van der Waals surface area contributed by atoms with Crippen LogP contribution in [-0.4, -0.2) is 25.0 Å². The Labute approximate surface area is 155 Å². The van der Waals surface area contributed by atoms with E-state index in [9.17, 15) is 9.59 Å². The summed E-state index contributed by atoms with van der Waals surface area (Å²) in [6, 6.07) is 7.49. The topological polar surface area (TPSA) is 55.4 Å². The Morgan fingerprint density at radius 1 is 1.08 bits per heavy atom. The molecule has 0 radical (unpaired) electrons. The van der Waals surface area contributed by atoms with Gasteiger partial charge in [-0.15, -0.1) is 0 Å². The van der Waals surface area contributed by atoms with Gasteiger partial charge in [0.2, 0.25) is 5.91 Å². The van der Waals surface area contributed by atoms with Crippen LogP contribution in [0.1, 0.15) is 49.7 Å². The monoisotopic (exact) mass is 355 g/mol. The fourth-order valence-corrected chi connectivity index (χ4v) is 6.00. The summed E-state index contributed by atoms with van der Waals surface area (Å²) in [6.45, 7) is 2.04. The number of esters is 1. The number of carbonyl (C=O) groups excluding carboxylic acids is 2. The largest absolute Gasteiger partial charge is 0.467 e. The first kappa shape index (κ1) is 17.6. The number of methoxy groups -OCH3 is 1. The second-order valence-electron chi connectivity index (χ2n) is 8.94. The molecule has 4 nitrogen and oxygen atoms in total. The normalized spacial score (nSPS) is 32.9. The third kappa shape index (κ3) is 3.26. The van der Waals surface area contributed by atoms with Gasteiger partial charge < -0.3 is 10.1 Å². The Balaban J connectivity index is 1.49. The standard InChI is InChI=1S/C22H29NO3/c1-14-3-5-15(6-4-14)10-19(20(24)26-2)23-21(25)22-11-16-7-17(12-22)9-18(8-16)13-22/h3-6,16-19H,7-13H2,1-2H3,(H,23,25)/t16?,17?,18?,19-,22?/m0/s1. The van der Waals surface area contributed by atoms with Crippen LogP contribution in [0, 0.1) is 30.1 Å². The molecule has 140 valence electrons. The van der Waals surface area contributed by atoms with Crippen molar-refractivity contribution in [3.63, 3.8) is 0 Å². The maximum absolute atomic E-state index is 13.3. The van der Waals surface area contributed by atoms with E-state index in [1.807, 2.05) is 31.2 Å². The first-order valence-electron chi connectivity index (χ1n) is 9.92. The van der Waals surface area contributed by atoms with Gasteiger partial charge in [0.25, 0.3) is 0 Å². The van der Waals surface area contributed by atoms with Gasteiger partial charge in [-0.25, -0.2) is 4.79 Å². The van der Waals surface area contributed by atoms with Crippen molar-refractivity contribution in [2.45, 2.75) is 57.9 Å². The van der Waals surface area contributed by atoms with Crippen molar-refractivity contribution in [1.29, 1.82) is 0 Å². The van der Waals surface area contributed by atoms with Crippen LogP contribution in [0.2, 0.25) is 0 Å². The number of benzene rings is 1. The smallest absolute Gasteiger partial charge is 0.328 e. The molecule has 1 amide bonds. The van der Waals surface area contributed by atoms with E-state index in [0.717, 1.165) is 24.8 Å². The summed E-state index contributed by atoms with van der Waals surface area (Å²) in [5, 5.41) is 3.07. The van der Waals surface area contributed by atoms with E-state index >= 15 is 0 Å². The van der Waals surface area contributed by atoms with Crippen molar-refractivity contribution in [1.82, 2.24) is 5.32 Å². The molecule has 1 atom stereocenters. The van der Waals surface area contributed by atoms with Crippen LogP contribution >= 0.6 is 0 Å². The summed E-state index contributed by atoms with van der Waals surface area (Å²) >= 11 is 0. The molecule has 0 heterocycles. The van der Waals surface area contributed by atoms with E-state index in [-0.39, 0.29) is 17.3 Å². The number of hydrogen-bond donors (Lipinski definition) is 1. The molecular weight excluding hydrogens is 326 g/mol. The predicted octanol–water partition coefficient (Wildman–Crippen LogP) is 3.41. The summed E-state index contributed by atoms with van der Waals surface area (Å²) in [5.41, 5.74) is 1.98. The second kappa shape index (κ2) is 6.71. The highest BCUT2D eigenvalue weighted by atomic mass is 16.5. The molecule has 0 spiro atoms. The van der Waals surface area contributed by atoms with Gasteiger partial charge in [0.05, 0.1) is 7.11 Å². The minimum atomic E-state index is -0.608. The van der Waals surface area contributed by atoms with Crippen molar-refractivity contribution in [2.75, 3.05) is 7.11 Å². The van der Waals surface area contributed by atoms with Gasteiger partial charge in [-0.05, 0) is 68.8 Å². The highest BCUT2D eigenvalue weighted by molar-refractivity contribution is 5.88. The minimum Gasteiger partial charge on any atom is -0.467 e. The number of amides is 1. The maximum Gasteiger partial charge on any atom is 0.328 e. The van der Waals surface area contributed by atoms with Crippen molar-refractivity contribution >= 4 is 11.9 Å². The van der Waals surface area contributed by atoms with Crippen molar-refractivity contribution in [2.24, 2.45) is 23.2 Å². The Kier molecular flexibility index (Phi) is 4.54. The molecule has 0 saturated heterocycles. The van der Waals surface area contributed by atoms with Crippen molar-refractivity contribution in [3.8, 4) is 0 Å². The summed E-state index contributed by atoms with van der Waals surface area (Å²) in [7, 11) is 1.39. The Morgan fingerprint density at radius 3 is 2.12 bits per heavy atom. The first-order valence-corrected chi connectivity index (χ1v) is 9.92. The third-order valence-corrected chi connectivity index (χ3v) is 6.87. The SMILES string of the molecule is COC(=O)[C@H](Cc1ccc(C)cc1)NC(=O)C12CC3CC(CC(C3)C1)C2. The van der Waals surface area contributed by atoms with Gasteiger partial charge in [0.15, 0.2) is 0 Å². The molecule has 4 bridgehead atoms. The molecule has 1 aromatic rings. The summed E-state index contributed by atoms with van der Waals surface area (Å²) in [4.78, 5) is 25.6. The van der Waals surface area contributed by atoms with E-state index in [1.54, 1.807) is 0 Å². The average molecular weight is 355 g/mol. The van der Waals surface area contributed by atoms with Gasteiger partial charge in [-0.2, -0.15) is 0 Å². The zero-order valence-corrected chi connectivity index (χ0v) is 15.8. The highest BCUT2D eigenvalue weighted by Crippen LogP contribution is 2.60. The van der Waals surface area contributed by atoms with Crippen molar-refractivity contribution < 1.29 is 14.3 Å². The first-order chi connectivity index (χ1) is 12.5. The Bertz CT molecular complexity index is 659. The summed E-state index contributed by atoms with van der Waals surface area (Å²) in [6.07, 6.45) is 7.39. The van der Waals surface area contributed by atoms with E-state index in [0.29, 0.717) is 24.2 Å². The van der Waals surface area contributed by atoms with Crippen molar-refractivity contribution in [3.05, 3.63) is 35.4 Å². The van der Waals surface area contributed by atoms with E-state index in [2.05, 4.69) is 5.32 Å². The molecule has 4 saturated carbocycles. The maximum atomic E-state index is 13.3. The van der Waals surface area contributed by atoms with Crippen LogP contribution in [-0.2, 0) is 20.7 Å². The fraction of sp³-hybridized carbons (Fsp3) is 0.636. The molecule has 4 heteroatoms. The van der Waals surface area contributed by atoms with Crippen LogP contribution in [0.5, 0.6) is 0 Å². The molecule has 0 aromatic heterocycles. The molecule has 26 heavy (non-hydrogen) atoms. The quantitative estimate of drug-likeness (QED) is 0.824. The van der Waals surface area contributed by atoms with E-state index < -0.39 is 6.04 Å². The number of hydrogen-bond acceptors (Lipinski definition) is 3. The van der Waals surface area contributed by atoms with Gasteiger partial charge in [0.1, 0.15) is 6.04 Å². The molecule has 0 unspecified atom stereocenters. The minimum absolute atomic E-state index is 0.0825. The lowest BCUT2D eigenvalue weighted by Crippen LogP contribution is -2.56. The van der Waals surface area contributed by atoms with Crippen LogP contribution in [0.15, 0.2) is 24.3 Å². The predicted molar refractivity (Wildman–Crippen MR) is 99.4 cm³/mol. The number of aryl methyl sites for hydroxylation is 1. The Hall–Kier alpha value is -1.84. The molecule has 4 fully saturated rings. The van der Waals surface area contributed by atoms with Gasteiger partial charge in [-0.3, -0.25) is 4.79 Å². The molecule has 1 N–H and O–H groups in total. The zero-order valence-electron chi connectivity index (χ0n) is 15.8. The van der Waals surface area contributed by atoms with Gasteiger partial charge in [-0.1, -0.05) is 29.8 Å². The highest BCUT2D eigenvalue weighted by Gasteiger charge is 2.54. The van der Waals surface area contributed by atoms with Crippen LogP contribution < -0.4 is 5.32 Å². The number of nitrogens with one attached hydrogen (secondary N) is 1. The Morgan fingerprint density at radius 2 is 1.62 bits per heavy atom. The molecular formula is C22H29NO3. The molecule has 5 rings (SSSR count).